The average molecular weight is 468 g/mol. The number of esters is 1. The van der Waals surface area contributed by atoms with E-state index in [-0.39, 0.29) is 28.8 Å². The van der Waals surface area contributed by atoms with Crippen molar-refractivity contribution in [1.29, 1.82) is 0 Å². The molecular formula is C26H29NO5S. The number of para-hydroxylation sites is 1. The monoisotopic (exact) mass is 467 g/mol. The number of hydrogen-bond acceptors (Lipinski definition) is 7. The molecule has 0 unspecified atom stereocenters. The van der Waals surface area contributed by atoms with Gasteiger partial charge in [-0.2, -0.15) is 11.8 Å². The molecule has 0 fully saturated rings. The SMILES string of the molecule is CCSCCOC(=O)C1=C(C)NC2=C(C(=O)CC(C)(C)C2)[C@H]1c1coc2ccccc2c1=O. The van der Waals surface area contributed by atoms with Crippen molar-refractivity contribution in [3.05, 3.63) is 68.9 Å². The van der Waals surface area contributed by atoms with Gasteiger partial charge < -0.3 is 14.5 Å². The van der Waals surface area contributed by atoms with E-state index < -0.39 is 11.9 Å². The van der Waals surface area contributed by atoms with Gasteiger partial charge in [0.05, 0.1) is 23.1 Å². The number of rotatable bonds is 6. The van der Waals surface area contributed by atoms with E-state index in [4.69, 9.17) is 9.15 Å². The molecule has 1 aliphatic carbocycles. The van der Waals surface area contributed by atoms with Crippen LogP contribution in [0.15, 0.2) is 62.3 Å². The number of Topliss-reactive ketones (excluding diaryl/α,β-unsaturated/α-hetero) is 1. The first-order valence-corrected chi connectivity index (χ1v) is 12.4. The van der Waals surface area contributed by atoms with Gasteiger partial charge in [0.15, 0.2) is 11.2 Å². The first kappa shape index (κ1) is 23.4. The summed E-state index contributed by atoms with van der Waals surface area (Å²) in [6.07, 6.45) is 2.39. The summed E-state index contributed by atoms with van der Waals surface area (Å²) in [7, 11) is 0. The van der Waals surface area contributed by atoms with E-state index in [1.165, 1.54) is 6.26 Å². The van der Waals surface area contributed by atoms with E-state index in [2.05, 4.69) is 5.32 Å². The van der Waals surface area contributed by atoms with Gasteiger partial charge in [-0.25, -0.2) is 4.79 Å². The van der Waals surface area contributed by atoms with Gasteiger partial charge in [0.25, 0.3) is 0 Å². The molecule has 2 aromatic rings. The molecule has 0 radical (unpaired) electrons. The van der Waals surface area contributed by atoms with Crippen molar-refractivity contribution < 1.29 is 18.7 Å². The highest BCUT2D eigenvalue weighted by molar-refractivity contribution is 7.99. The van der Waals surface area contributed by atoms with E-state index >= 15 is 0 Å². The second-order valence-electron chi connectivity index (χ2n) is 9.28. The number of fused-ring (bicyclic) bond motifs is 1. The topological polar surface area (TPSA) is 85.6 Å². The molecule has 174 valence electrons. The number of carbonyl (C=O) groups is 2. The molecule has 33 heavy (non-hydrogen) atoms. The Morgan fingerprint density at radius 1 is 1.24 bits per heavy atom. The zero-order valence-corrected chi connectivity index (χ0v) is 20.3. The molecule has 0 bridgehead atoms. The molecule has 0 spiro atoms. The molecular weight excluding hydrogens is 438 g/mol. The van der Waals surface area contributed by atoms with Crippen LogP contribution in [0.4, 0.5) is 0 Å². The minimum Gasteiger partial charge on any atom is -0.464 e. The molecule has 0 saturated carbocycles. The van der Waals surface area contributed by atoms with Crippen LogP contribution in [0, 0.1) is 5.41 Å². The van der Waals surface area contributed by atoms with Crippen LogP contribution in [0.3, 0.4) is 0 Å². The van der Waals surface area contributed by atoms with Crippen LogP contribution in [0.5, 0.6) is 0 Å². The third-order valence-corrected chi connectivity index (χ3v) is 7.01. The molecule has 1 N–H and O–H groups in total. The molecule has 1 aromatic carbocycles. The Bertz CT molecular complexity index is 1240. The molecule has 7 heteroatoms. The van der Waals surface area contributed by atoms with Gasteiger partial charge in [0.2, 0.25) is 0 Å². The number of ether oxygens (including phenoxy) is 1. The summed E-state index contributed by atoms with van der Waals surface area (Å²) in [4.78, 5) is 40.1. The number of ketones is 1. The lowest BCUT2D eigenvalue weighted by Gasteiger charge is -2.39. The van der Waals surface area contributed by atoms with Crippen LogP contribution in [-0.2, 0) is 14.3 Å². The normalized spacial score (nSPS) is 20.0. The predicted octanol–water partition coefficient (Wildman–Crippen LogP) is 4.69. The predicted molar refractivity (Wildman–Crippen MR) is 130 cm³/mol. The Morgan fingerprint density at radius 2 is 2.00 bits per heavy atom. The largest absolute Gasteiger partial charge is 0.464 e. The van der Waals surface area contributed by atoms with Gasteiger partial charge in [0.1, 0.15) is 12.2 Å². The average Bonchev–Trinajstić information content (AvgIpc) is 2.75. The van der Waals surface area contributed by atoms with Crippen LogP contribution >= 0.6 is 11.8 Å². The summed E-state index contributed by atoms with van der Waals surface area (Å²) in [5.41, 5.74) is 2.43. The Hall–Kier alpha value is -2.80. The minimum absolute atomic E-state index is 0.0642. The smallest absolute Gasteiger partial charge is 0.336 e. The molecule has 0 amide bonds. The lowest BCUT2D eigenvalue weighted by Crippen LogP contribution is -2.39. The summed E-state index contributed by atoms with van der Waals surface area (Å²) in [6, 6.07) is 6.99. The van der Waals surface area contributed by atoms with Crippen LogP contribution in [0.2, 0.25) is 0 Å². The maximum absolute atomic E-state index is 13.5. The second-order valence-corrected chi connectivity index (χ2v) is 10.7. The van der Waals surface area contributed by atoms with Gasteiger partial charge >= 0.3 is 5.97 Å². The van der Waals surface area contributed by atoms with E-state index in [0.29, 0.717) is 46.4 Å². The van der Waals surface area contributed by atoms with Crippen molar-refractivity contribution in [2.75, 3.05) is 18.1 Å². The number of thioether (sulfide) groups is 1. The van der Waals surface area contributed by atoms with Gasteiger partial charge in [0, 0.05) is 34.7 Å². The lowest BCUT2D eigenvalue weighted by atomic mass is 9.68. The first-order valence-electron chi connectivity index (χ1n) is 11.2. The standard InChI is InChI=1S/C26H29NO5S/c1-5-33-11-10-31-25(30)21-15(2)27-18-12-26(3,4)13-19(28)23(18)22(21)17-14-32-20-9-7-6-8-16(20)24(17)29/h6-9,14,22,27H,5,10-13H2,1-4H3/t22-/m0/s1. The molecule has 1 aromatic heterocycles. The van der Waals surface area contributed by atoms with Crippen molar-refractivity contribution in [3.8, 4) is 0 Å². The number of carbonyl (C=O) groups excluding carboxylic acids is 2. The molecule has 1 aliphatic heterocycles. The summed E-state index contributed by atoms with van der Waals surface area (Å²) in [5.74, 6) is 0.217. The quantitative estimate of drug-likeness (QED) is 0.487. The third-order valence-electron chi connectivity index (χ3n) is 6.14. The number of allylic oxidation sites excluding steroid dienone is 3. The van der Waals surface area contributed by atoms with Crippen molar-refractivity contribution in [2.24, 2.45) is 5.41 Å². The maximum Gasteiger partial charge on any atom is 0.336 e. The van der Waals surface area contributed by atoms with Crippen molar-refractivity contribution in [3.63, 3.8) is 0 Å². The molecule has 2 aliphatic rings. The fourth-order valence-electron chi connectivity index (χ4n) is 4.73. The Morgan fingerprint density at radius 3 is 2.76 bits per heavy atom. The van der Waals surface area contributed by atoms with Crippen LogP contribution in [0.25, 0.3) is 11.0 Å². The van der Waals surface area contributed by atoms with Crippen LogP contribution < -0.4 is 10.7 Å². The Labute approximate surface area is 197 Å². The van der Waals surface area contributed by atoms with Gasteiger partial charge in [-0.05, 0) is 36.6 Å². The fourth-order valence-corrected chi connectivity index (χ4v) is 5.22. The number of nitrogens with one attached hydrogen (secondary N) is 1. The van der Waals surface area contributed by atoms with Crippen molar-refractivity contribution in [1.82, 2.24) is 5.32 Å². The summed E-state index contributed by atoms with van der Waals surface area (Å²) in [5, 5.41) is 3.71. The summed E-state index contributed by atoms with van der Waals surface area (Å²) >= 11 is 1.68. The Balaban J connectivity index is 1.85. The zero-order valence-electron chi connectivity index (χ0n) is 19.4. The third kappa shape index (κ3) is 4.51. The number of dihydropyridines is 1. The van der Waals surface area contributed by atoms with Crippen LogP contribution in [-0.4, -0.2) is 29.9 Å². The van der Waals surface area contributed by atoms with E-state index in [1.807, 2.05) is 20.8 Å². The Kier molecular flexibility index (Phi) is 6.52. The minimum atomic E-state index is -0.822. The van der Waals surface area contributed by atoms with E-state index in [0.717, 1.165) is 11.4 Å². The molecule has 2 heterocycles. The van der Waals surface area contributed by atoms with Crippen molar-refractivity contribution >= 4 is 34.5 Å². The van der Waals surface area contributed by atoms with Crippen LogP contribution in [0.1, 0.15) is 52.0 Å². The molecule has 0 saturated heterocycles. The fraction of sp³-hybridized carbons (Fsp3) is 0.423. The molecule has 6 nitrogen and oxygen atoms in total. The molecule has 4 rings (SSSR count). The first-order chi connectivity index (χ1) is 15.7. The molecule has 1 atom stereocenters. The number of benzene rings is 1. The summed E-state index contributed by atoms with van der Waals surface area (Å²) in [6.45, 7) is 8.19. The summed E-state index contributed by atoms with van der Waals surface area (Å²) < 4.78 is 11.3. The van der Waals surface area contributed by atoms with Gasteiger partial charge in [-0.3, -0.25) is 9.59 Å². The van der Waals surface area contributed by atoms with E-state index in [1.54, 1.807) is 43.0 Å². The lowest BCUT2D eigenvalue weighted by molar-refractivity contribution is -0.138. The highest BCUT2D eigenvalue weighted by Gasteiger charge is 2.44. The highest BCUT2D eigenvalue weighted by Crippen LogP contribution is 2.46. The highest BCUT2D eigenvalue weighted by atomic mass is 32.2. The van der Waals surface area contributed by atoms with E-state index in [9.17, 15) is 14.4 Å². The number of hydrogen-bond donors (Lipinski definition) is 1. The second kappa shape index (κ2) is 9.21. The maximum atomic E-state index is 13.5. The van der Waals surface area contributed by atoms with Gasteiger partial charge in [-0.15, -0.1) is 0 Å². The zero-order chi connectivity index (χ0) is 23.8. The van der Waals surface area contributed by atoms with Crippen molar-refractivity contribution in [2.45, 2.75) is 46.5 Å². The van der Waals surface area contributed by atoms with Gasteiger partial charge in [-0.1, -0.05) is 32.9 Å².